The van der Waals surface area contributed by atoms with Crippen molar-refractivity contribution in [2.75, 3.05) is 23.7 Å². The van der Waals surface area contributed by atoms with E-state index in [1.807, 2.05) is 5.38 Å². The molecule has 0 radical (unpaired) electrons. The Morgan fingerprint density at radius 1 is 1.40 bits per heavy atom. The number of nitrogen functional groups attached to an aromatic ring is 1. The molecule has 1 aliphatic heterocycles. The van der Waals surface area contributed by atoms with E-state index in [1.165, 1.54) is 16.0 Å². The van der Waals surface area contributed by atoms with Crippen molar-refractivity contribution in [3.05, 3.63) is 17.1 Å². The van der Waals surface area contributed by atoms with Crippen LogP contribution in [0.5, 0.6) is 0 Å². The fourth-order valence-electron chi connectivity index (χ4n) is 2.33. The standard InChI is InChI=1S/C12H15N7S/c13-7-9-10(15)19(12-16-3-6-20-12)17-11(9)18-4-1-8(14)2-5-18/h3,6,8H,1-2,4-5,14-15H2. The summed E-state index contributed by atoms with van der Waals surface area (Å²) in [7, 11) is 0. The van der Waals surface area contributed by atoms with E-state index in [4.69, 9.17) is 11.5 Å². The topological polar surface area (TPSA) is 110 Å². The summed E-state index contributed by atoms with van der Waals surface area (Å²) in [6, 6.07) is 2.38. The van der Waals surface area contributed by atoms with Gasteiger partial charge in [0, 0.05) is 30.7 Å². The molecular formula is C12H15N7S. The van der Waals surface area contributed by atoms with Crippen LogP contribution in [-0.4, -0.2) is 33.9 Å². The van der Waals surface area contributed by atoms with E-state index in [1.54, 1.807) is 6.20 Å². The molecule has 8 heteroatoms. The number of nitriles is 1. The van der Waals surface area contributed by atoms with Crippen LogP contribution in [0.3, 0.4) is 0 Å². The van der Waals surface area contributed by atoms with Crippen molar-refractivity contribution in [1.29, 1.82) is 5.26 Å². The van der Waals surface area contributed by atoms with Gasteiger partial charge in [0.1, 0.15) is 17.5 Å². The van der Waals surface area contributed by atoms with Crippen LogP contribution in [0.25, 0.3) is 5.13 Å². The second-order valence-electron chi connectivity index (χ2n) is 4.75. The van der Waals surface area contributed by atoms with Crippen molar-refractivity contribution in [1.82, 2.24) is 14.8 Å². The van der Waals surface area contributed by atoms with Gasteiger partial charge in [0.2, 0.25) is 5.13 Å². The maximum absolute atomic E-state index is 9.34. The van der Waals surface area contributed by atoms with Crippen molar-refractivity contribution in [3.63, 3.8) is 0 Å². The number of hydrogen-bond acceptors (Lipinski definition) is 7. The van der Waals surface area contributed by atoms with Crippen LogP contribution in [0.2, 0.25) is 0 Å². The number of hydrogen-bond donors (Lipinski definition) is 2. The Balaban J connectivity index is 1.99. The Kier molecular flexibility index (Phi) is 3.30. The highest BCUT2D eigenvalue weighted by molar-refractivity contribution is 7.12. The van der Waals surface area contributed by atoms with Crippen LogP contribution in [-0.2, 0) is 0 Å². The predicted octanol–water partition coefficient (Wildman–Crippen LogP) is 0.710. The summed E-state index contributed by atoms with van der Waals surface area (Å²) in [6.07, 6.45) is 3.48. The van der Waals surface area contributed by atoms with E-state index in [-0.39, 0.29) is 6.04 Å². The van der Waals surface area contributed by atoms with Crippen molar-refractivity contribution in [2.24, 2.45) is 5.73 Å². The highest BCUT2D eigenvalue weighted by atomic mass is 32.1. The van der Waals surface area contributed by atoms with E-state index >= 15 is 0 Å². The van der Waals surface area contributed by atoms with Gasteiger partial charge in [0.15, 0.2) is 5.82 Å². The highest BCUT2D eigenvalue weighted by Gasteiger charge is 2.25. The molecule has 2 aromatic rings. The summed E-state index contributed by atoms with van der Waals surface area (Å²) in [6.45, 7) is 1.59. The molecule has 3 heterocycles. The third-order valence-corrected chi connectivity index (χ3v) is 4.20. The third-order valence-electron chi connectivity index (χ3n) is 3.45. The smallest absolute Gasteiger partial charge is 0.212 e. The second-order valence-corrected chi connectivity index (χ2v) is 5.62. The first kappa shape index (κ1) is 12.9. The monoisotopic (exact) mass is 289 g/mol. The molecule has 1 saturated heterocycles. The van der Waals surface area contributed by atoms with Crippen LogP contribution in [0, 0.1) is 11.3 Å². The summed E-state index contributed by atoms with van der Waals surface area (Å²) in [4.78, 5) is 6.26. The zero-order valence-corrected chi connectivity index (χ0v) is 11.7. The van der Waals surface area contributed by atoms with Crippen LogP contribution in [0.15, 0.2) is 11.6 Å². The van der Waals surface area contributed by atoms with Gasteiger partial charge in [-0.05, 0) is 12.8 Å². The number of nitrogens with two attached hydrogens (primary N) is 2. The highest BCUT2D eigenvalue weighted by Crippen LogP contribution is 2.29. The van der Waals surface area contributed by atoms with Crippen molar-refractivity contribution >= 4 is 23.0 Å². The van der Waals surface area contributed by atoms with Crippen molar-refractivity contribution < 1.29 is 0 Å². The molecule has 3 rings (SSSR count). The van der Waals surface area contributed by atoms with Gasteiger partial charge in [-0.1, -0.05) is 0 Å². The largest absolute Gasteiger partial charge is 0.382 e. The van der Waals surface area contributed by atoms with Gasteiger partial charge in [-0.2, -0.15) is 9.94 Å². The molecule has 1 aliphatic rings. The quantitative estimate of drug-likeness (QED) is 0.842. The van der Waals surface area contributed by atoms with Gasteiger partial charge in [-0.15, -0.1) is 16.4 Å². The summed E-state index contributed by atoms with van der Waals surface area (Å²) in [5.74, 6) is 0.972. The molecule has 0 bridgehead atoms. The first-order valence-corrected chi connectivity index (χ1v) is 7.27. The second kappa shape index (κ2) is 5.11. The lowest BCUT2D eigenvalue weighted by atomic mass is 10.1. The number of aromatic nitrogens is 3. The zero-order valence-electron chi connectivity index (χ0n) is 10.9. The predicted molar refractivity (Wildman–Crippen MR) is 77.8 cm³/mol. The molecule has 104 valence electrons. The summed E-state index contributed by atoms with van der Waals surface area (Å²) < 4.78 is 1.53. The molecule has 0 aliphatic carbocycles. The Bertz CT molecular complexity index is 632. The average molecular weight is 289 g/mol. The van der Waals surface area contributed by atoms with E-state index in [0.717, 1.165) is 25.9 Å². The first-order chi connectivity index (χ1) is 9.70. The molecule has 2 aromatic heterocycles. The molecule has 0 saturated carbocycles. The Morgan fingerprint density at radius 3 is 2.75 bits per heavy atom. The van der Waals surface area contributed by atoms with Crippen LogP contribution < -0.4 is 16.4 Å². The molecular weight excluding hydrogens is 274 g/mol. The molecule has 20 heavy (non-hydrogen) atoms. The number of thiazole rings is 1. The fourth-order valence-corrected chi connectivity index (χ4v) is 2.93. The van der Waals surface area contributed by atoms with Crippen LogP contribution in [0.1, 0.15) is 18.4 Å². The first-order valence-electron chi connectivity index (χ1n) is 6.39. The summed E-state index contributed by atoms with van der Waals surface area (Å²) in [5, 5.41) is 16.3. The molecule has 0 spiro atoms. The van der Waals surface area contributed by atoms with E-state index < -0.39 is 0 Å². The van der Waals surface area contributed by atoms with Gasteiger partial charge in [-0.3, -0.25) is 0 Å². The van der Waals surface area contributed by atoms with Gasteiger partial charge in [0.05, 0.1) is 0 Å². The number of piperidine rings is 1. The normalized spacial score (nSPS) is 16.3. The van der Waals surface area contributed by atoms with Crippen LogP contribution in [0.4, 0.5) is 11.6 Å². The lowest BCUT2D eigenvalue weighted by Gasteiger charge is -2.30. The molecule has 0 atom stereocenters. The molecule has 0 unspecified atom stereocenters. The molecule has 0 amide bonds. The number of anilines is 2. The zero-order chi connectivity index (χ0) is 14.1. The lowest BCUT2D eigenvalue weighted by Crippen LogP contribution is -2.40. The summed E-state index contributed by atoms with van der Waals surface area (Å²) >= 11 is 1.43. The minimum absolute atomic E-state index is 0.232. The Morgan fingerprint density at radius 2 is 2.15 bits per heavy atom. The maximum atomic E-state index is 9.34. The van der Waals surface area contributed by atoms with E-state index in [0.29, 0.717) is 22.3 Å². The minimum Gasteiger partial charge on any atom is -0.382 e. The molecule has 4 N–H and O–H groups in total. The average Bonchev–Trinajstić information content (AvgIpc) is 3.07. The van der Waals surface area contributed by atoms with E-state index in [9.17, 15) is 5.26 Å². The van der Waals surface area contributed by atoms with Crippen LogP contribution >= 0.6 is 11.3 Å². The SMILES string of the molecule is N#Cc1c(N2CCC(N)CC2)nn(-c2nccs2)c1N. The molecule has 1 fully saturated rings. The van der Waals surface area contributed by atoms with Gasteiger partial charge >= 0.3 is 0 Å². The van der Waals surface area contributed by atoms with Crippen molar-refractivity contribution in [2.45, 2.75) is 18.9 Å². The summed E-state index contributed by atoms with van der Waals surface area (Å²) in [5.41, 5.74) is 12.4. The third kappa shape index (κ3) is 2.11. The lowest BCUT2D eigenvalue weighted by molar-refractivity contribution is 0.497. The number of nitrogens with zero attached hydrogens (tertiary/aromatic N) is 5. The maximum Gasteiger partial charge on any atom is 0.212 e. The number of rotatable bonds is 2. The Labute approximate surface area is 120 Å². The van der Waals surface area contributed by atoms with Crippen molar-refractivity contribution in [3.8, 4) is 11.2 Å². The van der Waals surface area contributed by atoms with Gasteiger partial charge in [-0.25, -0.2) is 4.98 Å². The Hall–Kier alpha value is -2.11. The molecule has 7 nitrogen and oxygen atoms in total. The van der Waals surface area contributed by atoms with Gasteiger partial charge in [0.25, 0.3) is 0 Å². The fraction of sp³-hybridized carbons (Fsp3) is 0.417. The molecule has 0 aromatic carbocycles. The minimum atomic E-state index is 0.232. The van der Waals surface area contributed by atoms with E-state index in [2.05, 4.69) is 21.1 Å². The van der Waals surface area contributed by atoms with Gasteiger partial charge < -0.3 is 16.4 Å².